The summed E-state index contributed by atoms with van der Waals surface area (Å²) in [4.78, 5) is 4.94. The van der Waals surface area contributed by atoms with Crippen LogP contribution in [-0.4, -0.2) is 19.9 Å². The van der Waals surface area contributed by atoms with E-state index in [-0.39, 0.29) is 0 Å². The molecule has 0 atom stereocenters. The molecule has 0 heterocycles. The van der Waals surface area contributed by atoms with Gasteiger partial charge in [-0.3, -0.25) is 0 Å². The normalized spacial score (nSPS) is 11.2. The van der Waals surface area contributed by atoms with Gasteiger partial charge in [-0.25, -0.2) is 0 Å². The van der Waals surface area contributed by atoms with Gasteiger partial charge in [0.1, 0.15) is 12.9 Å². The van der Waals surface area contributed by atoms with Crippen LogP contribution >= 0.6 is 11.6 Å². The lowest BCUT2D eigenvalue weighted by atomic mass is 10.0. The van der Waals surface area contributed by atoms with Gasteiger partial charge in [-0.15, -0.1) is 0 Å². The SMILES string of the molecule is CO/N=C(\Cc1ccc(Cl)cc1)c1ccc(OC)cc1. The summed E-state index contributed by atoms with van der Waals surface area (Å²) < 4.78 is 5.15. The summed E-state index contributed by atoms with van der Waals surface area (Å²) in [5, 5.41) is 4.84. The average molecular weight is 290 g/mol. The highest BCUT2D eigenvalue weighted by Crippen LogP contribution is 2.16. The third-order valence-electron chi connectivity index (χ3n) is 2.91. The fourth-order valence-corrected chi connectivity index (χ4v) is 2.00. The third-order valence-corrected chi connectivity index (χ3v) is 3.16. The van der Waals surface area contributed by atoms with Crippen molar-refractivity contribution in [3.05, 3.63) is 64.7 Å². The Kier molecular flexibility index (Phi) is 5.02. The summed E-state index contributed by atoms with van der Waals surface area (Å²) in [5.74, 6) is 0.817. The van der Waals surface area contributed by atoms with E-state index in [1.54, 1.807) is 14.2 Å². The zero-order chi connectivity index (χ0) is 14.4. The van der Waals surface area contributed by atoms with Crippen LogP contribution in [0.15, 0.2) is 53.7 Å². The van der Waals surface area contributed by atoms with Crippen molar-refractivity contribution in [2.45, 2.75) is 6.42 Å². The summed E-state index contributed by atoms with van der Waals surface area (Å²) >= 11 is 5.89. The van der Waals surface area contributed by atoms with E-state index in [2.05, 4.69) is 5.16 Å². The van der Waals surface area contributed by atoms with Crippen molar-refractivity contribution in [1.82, 2.24) is 0 Å². The molecule has 0 bridgehead atoms. The molecule has 2 aromatic rings. The Morgan fingerprint density at radius 2 is 1.65 bits per heavy atom. The molecule has 0 spiro atoms. The second-order valence-corrected chi connectivity index (χ2v) is 4.69. The predicted octanol–water partition coefficient (Wildman–Crippen LogP) is 3.94. The number of oxime groups is 1. The molecule has 0 radical (unpaired) electrons. The first-order valence-corrected chi connectivity index (χ1v) is 6.59. The molecule has 0 saturated carbocycles. The van der Waals surface area contributed by atoms with Crippen LogP contribution in [-0.2, 0) is 11.3 Å². The quantitative estimate of drug-likeness (QED) is 0.616. The number of benzene rings is 2. The van der Waals surface area contributed by atoms with E-state index in [1.165, 1.54) is 0 Å². The number of methoxy groups -OCH3 is 1. The first-order valence-electron chi connectivity index (χ1n) is 6.22. The van der Waals surface area contributed by atoms with E-state index < -0.39 is 0 Å². The second kappa shape index (κ2) is 6.96. The highest BCUT2D eigenvalue weighted by atomic mass is 35.5. The lowest BCUT2D eigenvalue weighted by Gasteiger charge is -2.07. The minimum atomic E-state index is 0.678. The van der Waals surface area contributed by atoms with Crippen molar-refractivity contribution in [3.8, 4) is 5.75 Å². The number of hydrogen-bond acceptors (Lipinski definition) is 3. The number of nitrogens with zero attached hydrogens (tertiary/aromatic N) is 1. The number of hydrogen-bond donors (Lipinski definition) is 0. The molecular weight excluding hydrogens is 274 g/mol. The van der Waals surface area contributed by atoms with E-state index in [9.17, 15) is 0 Å². The standard InChI is InChI=1S/C16H16ClNO2/c1-19-15-9-5-13(6-10-15)16(18-20-2)11-12-3-7-14(17)8-4-12/h3-10H,11H2,1-2H3/b18-16+. The Hall–Kier alpha value is -2.00. The van der Waals surface area contributed by atoms with Gasteiger partial charge in [-0.1, -0.05) is 28.9 Å². The van der Waals surface area contributed by atoms with Gasteiger partial charge >= 0.3 is 0 Å². The topological polar surface area (TPSA) is 30.8 Å². The van der Waals surface area contributed by atoms with Crippen molar-refractivity contribution in [2.75, 3.05) is 14.2 Å². The largest absolute Gasteiger partial charge is 0.497 e. The molecule has 0 amide bonds. The average Bonchev–Trinajstić information content (AvgIpc) is 2.49. The minimum Gasteiger partial charge on any atom is -0.497 e. The molecule has 0 unspecified atom stereocenters. The van der Waals surface area contributed by atoms with Crippen molar-refractivity contribution in [1.29, 1.82) is 0 Å². The van der Waals surface area contributed by atoms with Crippen LogP contribution in [0.4, 0.5) is 0 Å². The van der Waals surface area contributed by atoms with Crippen molar-refractivity contribution >= 4 is 17.3 Å². The van der Waals surface area contributed by atoms with E-state index in [0.29, 0.717) is 6.42 Å². The minimum absolute atomic E-state index is 0.678. The van der Waals surface area contributed by atoms with Gasteiger partial charge in [0.05, 0.1) is 12.8 Å². The van der Waals surface area contributed by atoms with E-state index in [0.717, 1.165) is 27.6 Å². The molecule has 3 nitrogen and oxygen atoms in total. The molecule has 2 rings (SSSR count). The first kappa shape index (κ1) is 14.4. The van der Waals surface area contributed by atoms with E-state index >= 15 is 0 Å². The van der Waals surface area contributed by atoms with Gasteiger partial charge in [-0.2, -0.15) is 0 Å². The maximum Gasteiger partial charge on any atom is 0.118 e. The Labute approximate surface area is 123 Å². The van der Waals surface area contributed by atoms with Gasteiger partial charge in [0.2, 0.25) is 0 Å². The highest BCUT2D eigenvalue weighted by molar-refractivity contribution is 6.30. The molecule has 20 heavy (non-hydrogen) atoms. The van der Waals surface area contributed by atoms with Crippen LogP contribution in [0.5, 0.6) is 5.75 Å². The zero-order valence-electron chi connectivity index (χ0n) is 11.5. The van der Waals surface area contributed by atoms with Gasteiger partial charge in [0, 0.05) is 11.4 Å². The lowest BCUT2D eigenvalue weighted by Crippen LogP contribution is -2.06. The Bertz CT molecular complexity index is 576. The van der Waals surface area contributed by atoms with Crippen LogP contribution in [0.1, 0.15) is 11.1 Å². The number of halogens is 1. The smallest absolute Gasteiger partial charge is 0.118 e. The lowest BCUT2D eigenvalue weighted by molar-refractivity contribution is 0.213. The van der Waals surface area contributed by atoms with E-state index in [4.69, 9.17) is 21.2 Å². The van der Waals surface area contributed by atoms with E-state index in [1.807, 2.05) is 48.5 Å². The van der Waals surface area contributed by atoms with Gasteiger partial charge in [0.25, 0.3) is 0 Å². The molecule has 0 saturated heterocycles. The molecule has 0 aromatic heterocycles. The Morgan fingerprint density at radius 1 is 1.00 bits per heavy atom. The fraction of sp³-hybridized carbons (Fsp3) is 0.188. The molecule has 2 aromatic carbocycles. The van der Waals surface area contributed by atoms with Crippen LogP contribution < -0.4 is 4.74 Å². The van der Waals surface area contributed by atoms with Crippen molar-refractivity contribution in [3.63, 3.8) is 0 Å². The Morgan fingerprint density at radius 3 is 2.20 bits per heavy atom. The summed E-state index contributed by atoms with van der Waals surface area (Å²) in [6, 6.07) is 15.4. The zero-order valence-corrected chi connectivity index (χ0v) is 12.2. The monoisotopic (exact) mass is 289 g/mol. The van der Waals surface area contributed by atoms with Crippen LogP contribution in [0.25, 0.3) is 0 Å². The molecule has 0 N–H and O–H groups in total. The second-order valence-electron chi connectivity index (χ2n) is 4.25. The molecule has 0 aliphatic rings. The molecule has 0 aliphatic heterocycles. The van der Waals surface area contributed by atoms with Crippen molar-refractivity contribution < 1.29 is 9.57 Å². The number of rotatable bonds is 5. The maximum atomic E-state index is 5.89. The van der Waals surface area contributed by atoms with Gasteiger partial charge in [-0.05, 0) is 47.5 Å². The molecule has 104 valence electrons. The predicted molar refractivity (Wildman–Crippen MR) is 81.7 cm³/mol. The summed E-state index contributed by atoms with van der Waals surface area (Å²) in [7, 11) is 3.19. The fourth-order valence-electron chi connectivity index (χ4n) is 1.88. The van der Waals surface area contributed by atoms with Crippen LogP contribution in [0.2, 0.25) is 5.02 Å². The molecule has 0 aliphatic carbocycles. The van der Waals surface area contributed by atoms with Gasteiger partial charge < -0.3 is 9.57 Å². The molecular formula is C16H16ClNO2. The number of ether oxygens (including phenoxy) is 1. The maximum absolute atomic E-state index is 5.89. The van der Waals surface area contributed by atoms with Crippen LogP contribution in [0, 0.1) is 0 Å². The molecule has 4 heteroatoms. The summed E-state index contributed by atoms with van der Waals surface area (Å²) in [6.45, 7) is 0. The Balaban J connectivity index is 2.22. The van der Waals surface area contributed by atoms with Crippen LogP contribution in [0.3, 0.4) is 0 Å². The highest BCUT2D eigenvalue weighted by Gasteiger charge is 2.07. The van der Waals surface area contributed by atoms with Gasteiger partial charge in [0.15, 0.2) is 0 Å². The summed E-state index contributed by atoms with van der Waals surface area (Å²) in [5.41, 5.74) is 2.99. The first-order chi connectivity index (χ1) is 9.72. The van der Waals surface area contributed by atoms with Crippen molar-refractivity contribution in [2.24, 2.45) is 5.16 Å². The summed E-state index contributed by atoms with van der Waals surface area (Å²) in [6.07, 6.45) is 0.678. The molecule has 0 fully saturated rings. The third kappa shape index (κ3) is 3.75.